The van der Waals surface area contributed by atoms with Crippen LogP contribution in [0.1, 0.15) is 22.2 Å². The van der Waals surface area contributed by atoms with Gasteiger partial charge in [-0.25, -0.2) is 10.2 Å². The molecule has 0 spiro atoms. The van der Waals surface area contributed by atoms with Crippen LogP contribution in [-0.4, -0.2) is 36.4 Å². The Hall–Kier alpha value is -2.87. The van der Waals surface area contributed by atoms with Crippen molar-refractivity contribution in [3.8, 4) is 11.5 Å². The van der Waals surface area contributed by atoms with Gasteiger partial charge in [-0.1, -0.05) is 6.07 Å². The number of nitrogens with one attached hydrogen (secondary N) is 1. The molecule has 2 aromatic rings. The Balaban J connectivity index is 2.04. The van der Waals surface area contributed by atoms with E-state index in [1.54, 1.807) is 35.7 Å². The molecule has 0 saturated heterocycles. The molecule has 8 heteroatoms. The summed E-state index contributed by atoms with van der Waals surface area (Å²) in [5.41, 5.74) is 3.08. The van der Waals surface area contributed by atoms with E-state index in [2.05, 4.69) is 10.5 Å². The summed E-state index contributed by atoms with van der Waals surface area (Å²) < 4.78 is 10.5. The van der Waals surface area contributed by atoms with Crippen molar-refractivity contribution < 1.29 is 24.2 Å². The van der Waals surface area contributed by atoms with Crippen molar-refractivity contribution in [1.29, 1.82) is 0 Å². The van der Waals surface area contributed by atoms with Crippen molar-refractivity contribution >= 4 is 29.4 Å². The molecule has 0 aliphatic carbocycles. The Morgan fingerprint density at radius 3 is 2.75 bits per heavy atom. The van der Waals surface area contributed by atoms with Crippen molar-refractivity contribution in [1.82, 2.24) is 5.43 Å². The lowest BCUT2D eigenvalue weighted by atomic mass is 10.2. The van der Waals surface area contributed by atoms with Gasteiger partial charge in [-0.15, -0.1) is 11.3 Å². The summed E-state index contributed by atoms with van der Waals surface area (Å²) in [6.45, 7) is 1.43. The van der Waals surface area contributed by atoms with Gasteiger partial charge in [-0.05, 0) is 42.1 Å². The lowest BCUT2D eigenvalue weighted by molar-refractivity contribution is -0.144. The minimum Gasteiger partial charge on any atom is -0.493 e. The second-order valence-electron chi connectivity index (χ2n) is 4.69. The fraction of sp³-hybridized carbons (Fsp3) is 0.188. The zero-order valence-electron chi connectivity index (χ0n) is 13.1. The monoisotopic (exact) mass is 348 g/mol. The summed E-state index contributed by atoms with van der Waals surface area (Å²) in [7, 11) is 1.45. The normalized spacial score (nSPS) is 11.9. The first kappa shape index (κ1) is 17.5. The number of rotatable bonds is 7. The van der Waals surface area contributed by atoms with Crippen LogP contribution in [0.5, 0.6) is 11.5 Å². The number of benzene rings is 1. The van der Waals surface area contributed by atoms with Gasteiger partial charge in [0.2, 0.25) is 0 Å². The van der Waals surface area contributed by atoms with Gasteiger partial charge in [-0.3, -0.25) is 4.79 Å². The smallest absolute Gasteiger partial charge is 0.344 e. The average Bonchev–Trinajstić information content (AvgIpc) is 3.10. The van der Waals surface area contributed by atoms with Gasteiger partial charge >= 0.3 is 5.97 Å². The Bertz CT molecular complexity index is 743. The van der Waals surface area contributed by atoms with E-state index < -0.39 is 12.1 Å². The van der Waals surface area contributed by atoms with E-state index in [9.17, 15) is 9.59 Å². The summed E-state index contributed by atoms with van der Waals surface area (Å²) in [6, 6.07) is 8.37. The van der Waals surface area contributed by atoms with Crippen molar-refractivity contribution in [3.63, 3.8) is 0 Å². The zero-order chi connectivity index (χ0) is 17.5. The van der Waals surface area contributed by atoms with Crippen LogP contribution in [0, 0.1) is 0 Å². The van der Waals surface area contributed by atoms with E-state index in [1.165, 1.54) is 31.6 Å². The number of carbonyl (C=O) groups excluding carboxylic acids is 1. The molecule has 1 amide bonds. The summed E-state index contributed by atoms with van der Waals surface area (Å²) in [5.74, 6) is -0.675. The zero-order valence-corrected chi connectivity index (χ0v) is 13.9. The van der Waals surface area contributed by atoms with Crippen LogP contribution in [0.15, 0.2) is 40.8 Å². The van der Waals surface area contributed by atoms with E-state index >= 15 is 0 Å². The van der Waals surface area contributed by atoms with Crippen LogP contribution in [0.4, 0.5) is 0 Å². The number of carbonyl (C=O) groups is 2. The van der Waals surface area contributed by atoms with Crippen LogP contribution >= 0.6 is 11.3 Å². The Kier molecular flexibility index (Phi) is 5.91. The largest absolute Gasteiger partial charge is 0.493 e. The topological polar surface area (TPSA) is 97.2 Å². The Morgan fingerprint density at radius 1 is 1.33 bits per heavy atom. The molecular formula is C16H16N2O5S. The lowest BCUT2D eigenvalue weighted by Gasteiger charge is -2.13. The van der Waals surface area contributed by atoms with Crippen LogP contribution in [-0.2, 0) is 4.79 Å². The third-order valence-electron chi connectivity index (χ3n) is 2.96. The molecular weight excluding hydrogens is 332 g/mol. The van der Waals surface area contributed by atoms with Gasteiger partial charge in [0.1, 0.15) is 0 Å². The molecule has 2 N–H and O–H groups in total. The van der Waals surface area contributed by atoms with Crippen LogP contribution in [0.2, 0.25) is 0 Å². The SMILES string of the molecule is COc1cc(/C=N/NC(=O)c2cccs2)ccc1O[C@H](C)C(=O)O. The number of carboxylic acid groups (broad SMARTS) is 1. The van der Waals surface area contributed by atoms with Crippen molar-refractivity contribution in [2.45, 2.75) is 13.0 Å². The van der Waals surface area contributed by atoms with Crippen molar-refractivity contribution in [3.05, 3.63) is 46.2 Å². The number of hydrogen-bond donors (Lipinski definition) is 2. The van der Waals surface area contributed by atoms with Crippen LogP contribution < -0.4 is 14.9 Å². The summed E-state index contributed by atoms with van der Waals surface area (Å²) >= 11 is 1.32. The van der Waals surface area contributed by atoms with Gasteiger partial charge < -0.3 is 14.6 Å². The van der Waals surface area contributed by atoms with E-state index in [4.69, 9.17) is 14.6 Å². The number of ether oxygens (including phenoxy) is 2. The molecule has 1 aromatic heterocycles. The van der Waals surface area contributed by atoms with Gasteiger partial charge in [0.05, 0.1) is 18.2 Å². The van der Waals surface area contributed by atoms with Crippen LogP contribution in [0.3, 0.4) is 0 Å². The minimum absolute atomic E-state index is 0.288. The maximum absolute atomic E-state index is 11.7. The standard InChI is InChI=1S/C16H16N2O5S/c1-10(16(20)21)23-12-6-5-11(8-13(12)22-2)9-17-18-15(19)14-4-3-7-24-14/h3-10H,1-2H3,(H,18,19)(H,20,21)/b17-9+/t10-/m1/s1. The first-order valence-electron chi connectivity index (χ1n) is 6.95. The van der Waals surface area contributed by atoms with Crippen LogP contribution in [0.25, 0.3) is 0 Å². The highest BCUT2D eigenvalue weighted by atomic mass is 32.1. The second kappa shape index (κ2) is 8.11. The molecule has 126 valence electrons. The van der Waals surface area contributed by atoms with E-state index in [1.807, 2.05) is 0 Å². The Labute approximate surface area is 142 Å². The molecule has 7 nitrogen and oxygen atoms in total. The van der Waals surface area contributed by atoms with Crippen molar-refractivity contribution in [2.24, 2.45) is 5.10 Å². The first-order valence-corrected chi connectivity index (χ1v) is 7.83. The summed E-state index contributed by atoms with van der Waals surface area (Å²) in [6.07, 6.45) is 0.460. The molecule has 0 bridgehead atoms. The molecule has 0 saturated carbocycles. The van der Waals surface area contributed by atoms with E-state index in [0.717, 1.165) is 0 Å². The number of hydrazone groups is 1. The highest BCUT2D eigenvalue weighted by Gasteiger charge is 2.15. The second-order valence-corrected chi connectivity index (χ2v) is 5.63. The van der Waals surface area contributed by atoms with Gasteiger partial charge in [0, 0.05) is 0 Å². The van der Waals surface area contributed by atoms with Gasteiger partial charge in [-0.2, -0.15) is 5.10 Å². The van der Waals surface area contributed by atoms with Gasteiger partial charge in [0.15, 0.2) is 17.6 Å². The molecule has 0 fully saturated rings. The Morgan fingerprint density at radius 2 is 2.12 bits per heavy atom. The number of hydrogen-bond acceptors (Lipinski definition) is 6. The minimum atomic E-state index is -1.07. The highest BCUT2D eigenvalue weighted by molar-refractivity contribution is 7.12. The fourth-order valence-electron chi connectivity index (χ4n) is 1.73. The van der Waals surface area contributed by atoms with Gasteiger partial charge in [0.25, 0.3) is 5.91 Å². The molecule has 2 rings (SSSR count). The molecule has 1 heterocycles. The number of aliphatic carboxylic acids is 1. The number of carboxylic acids is 1. The summed E-state index contributed by atoms with van der Waals surface area (Å²) in [5, 5.41) is 14.6. The van der Waals surface area contributed by atoms with E-state index in [-0.39, 0.29) is 5.91 Å². The first-order chi connectivity index (χ1) is 11.5. The quantitative estimate of drug-likeness (QED) is 0.591. The maximum atomic E-state index is 11.7. The third kappa shape index (κ3) is 4.56. The predicted molar refractivity (Wildman–Crippen MR) is 90.1 cm³/mol. The predicted octanol–water partition coefficient (Wildman–Crippen LogP) is 2.37. The third-order valence-corrected chi connectivity index (χ3v) is 3.83. The fourth-order valence-corrected chi connectivity index (χ4v) is 2.34. The molecule has 0 aliphatic rings. The highest BCUT2D eigenvalue weighted by Crippen LogP contribution is 2.28. The molecule has 0 radical (unpaired) electrons. The molecule has 0 unspecified atom stereocenters. The molecule has 1 atom stereocenters. The lowest BCUT2D eigenvalue weighted by Crippen LogP contribution is -2.23. The summed E-state index contributed by atoms with van der Waals surface area (Å²) in [4.78, 5) is 23.2. The molecule has 0 aliphatic heterocycles. The average molecular weight is 348 g/mol. The molecule has 1 aromatic carbocycles. The number of thiophene rings is 1. The number of methoxy groups -OCH3 is 1. The maximum Gasteiger partial charge on any atom is 0.344 e. The van der Waals surface area contributed by atoms with Crippen molar-refractivity contribution in [2.75, 3.05) is 7.11 Å². The number of nitrogens with zero attached hydrogens (tertiary/aromatic N) is 1. The number of amides is 1. The molecule has 24 heavy (non-hydrogen) atoms. The van der Waals surface area contributed by atoms with E-state index in [0.29, 0.717) is 21.9 Å².